The molecule has 0 aliphatic heterocycles. The molecule has 5 heteroatoms. The van der Waals surface area contributed by atoms with E-state index in [-0.39, 0.29) is 6.42 Å². The van der Waals surface area contributed by atoms with E-state index in [1.165, 1.54) is 5.56 Å². The van der Waals surface area contributed by atoms with Gasteiger partial charge < -0.3 is 11.1 Å². The van der Waals surface area contributed by atoms with Crippen LogP contribution >= 0.6 is 11.6 Å². The first-order chi connectivity index (χ1) is 9.54. The van der Waals surface area contributed by atoms with Crippen LogP contribution in [0.1, 0.15) is 16.7 Å². The van der Waals surface area contributed by atoms with E-state index in [4.69, 9.17) is 17.3 Å². The summed E-state index contributed by atoms with van der Waals surface area (Å²) in [5.41, 5.74) is 9.12. The van der Waals surface area contributed by atoms with Gasteiger partial charge in [-0.15, -0.1) is 0 Å². The van der Waals surface area contributed by atoms with Gasteiger partial charge in [-0.05, 0) is 18.6 Å². The zero-order valence-corrected chi connectivity index (χ0v) is 11.9. The lowest BCUT2D eigenvalue weighted by atomic mass is 10.1. The van der Waals surface area contributed by atoms with E-state index in [1.54, 1.807) is 12.3 Å². The molecular weight excluding hydrogens is 274 g/mol. The Morgan fingerprint density at radius 2 is 2.20 bits per heavy atom. The van der Waals surface area contributed by atoms with E-state index in [0.717, 1.165) is 16.8 Å². The predicted molar refractivity (Wildman–Crippen MR) is 80.7 cm³/mol. The van der Waals surface area contributed by atoms with Crippen molar-refractivity contribution in [3.05, 3.63) is 58.4 Å². The third kappa shape index (κ3) is 3.96. The molecule has 2 aromatic rings. The quantitative estimate of drug-likeness (QED) is 0.832. The molecule has 1 heterocycles. The van der Waals surface area contributed by atoms with Crippen LogP contribution in [0.4, 0.5) is 5.69 Å². The Hall–Kier alpha value is -2.07. The number of halogens is 1. The van der Waals surface area contributed by atoms with E-state index in [9.17, 15) is 4.79 Å². The number of anilines is 1. The normalized spacial score (nSPS) is 10.3. The van der Waals surface area contributed by atoms with E-state index in [0.29, 0.717) is 11.7 Å². The van der Waals surface area contributed by atoms with Gasteiger partial charge in [0.15, 0.2) is 0 Å². The minimum atomic E-state index is -0.396. The fourth-order valence-electron chi connectivity index (χ4n) is 1.97. The number of nitrogens with one attached hydrogen (secondary N) is 1. The first-order valence-electron chi connectivity index (χ1n) is 6.27. The van der Waals surface area contributed by atoms with Crippen LogP contribution in [0.5, 0.6) is 0 Å². The Kier molecular flexibility index (Phi) is 4.58. The number of primary amides is 1. The van der Waals surface area contributed by atoms with Crippen LogP contribution < -0.4 is 11.1 Å². The number of amides is 1. The predicted octanol–water partition coefficient (Wildman–Crippen LogP) is 2.68. The summed E-state index contributed by atoms with van der Waals surface area (Å²) in [6.45, 7) is 2.69. The molecule has 0 fully saturated rings. The SMILES string of the molecule is Cc1cccc(CNc2cc(Cl)ncc2CC(N)=O)c1. The van der Waals surface area contributed by atoms with Gasteiger partial charge in [0.05, 0.1) is 6.42 Å². The zero-order valence-electron chi connectivity index (χ0n) is 11.2. The third-order valence-corrected chi connectivity index (χ3v) is 3.09. The highest BCUT2D eigenvalue weighted by molar-refractivity contribution is 6.29. The number of rotatable bonds is 5. The summed E-state index contributed by atoms with van der Waals surface area (Å²) in [5.74, 6) is -0.396. The van der Waals surface area contributed by atoms with Gasteiger partial charge in [-0.3, -0.25) is 4.79 Å². The molecule has 0 bridgehead atoms. The number of nitrogens with zero attached hydrogens (tertiary/aromatic N) is 1. The minimum absolute atomic E-state index is 0.139. The lowest BCUT2D eigenvalue weighted by Crippen LogP contribution is -2.15. The number of hydrogen-bond acceptors (Lipinski definition) is 3. The Morgan fingerprint density at radius 1 is 1.40 bits per heavy atom. The second-order valence-corrected chi connectivity index (χ2v) is 5.04. The molecule has 1 aromatic heterocycles. The first-order valence-corrected chi connectivity index (χ1v) is 6.64. The van der Waals surface area contributed by atoms with Crippen LogP contribution in [-0.2, 0) is 17.8 Å². The number of nitrogens with two attached hydrogens (primary N) is 1. The molecule has 1 aromatic carbocycles. The van der Waals surface area contributed by atoms with Gasteiger partial charge in [-0.2, -0.15) is 0 Å². The summed E-state index contributed by atoms with van der Waals surface area (Å²) in [7, 11) is 0. The fourth-order valence-corrected chi connectivity index (χ4v) is 2.13. The van der Waals surface area contributed by atoms with Gasteiger partial charge >= 0.3 is 0 Å². The molecule has 2 rings (SSSR count). The maximum atomic E-state index is 11.1. The van der Waals surface area contributed by atoms with E-state index in [1.807, 2.05) is 25.1 Å². The van der Waals surface area contributed by atoms with Crippen molar-refractivity contribution in [2.75, 3.05) is 5.32 Å². The monoisotopic (exact) mass is 289 g/mol. The molecule has 0 saturated carbocycles. The molecule has 104 valence electrons. The van der Waals surface area contributed by atoms with Crippen molar-refractivity contribution in [3.63, 3.8) is 0 Å². The molecule has 0 aliphatic rings. The van der Waals surface area contributed by atoms with Crippen LogP contribution in [0, 0.1) is 6.92 Å². The Bertz CT molecular complexity index is 628. The summed E-state index contributed by atoms with van der Waals surface area (Å²) in [4.78, 5) is 15.0. The molecule has 0 aliphatic carbocycles. The molecular formula is C15H16ClN3O. The average molecular weight is 290 g/mol. The molecule has 0 radical (unpaired) electrons. The van der Waals surface area contributed by atoms with Crippen molar-refractivity contribution in [1.29, 1.82) is 0 Å². The average Bonchev–Trinajstić information content (AvgIpc) is 2.39. The smallest absolute Gasteiger partial charge is 0.221 e. The van der Waals surface area contributed by atoms with Crippen molar-refractivity contribution in [3.8, 4) is 0 Å². The Morgan fingerprint density at radius 3 is 2.90 bits per heavy atom. The van der Waals surface area contributed by atoms with Crippen LogP contribution in [0.2, 0.25) is 5.15 Å². The maximum Gasteiger partial charge on any atom is 0.221 e. The zero-order chi connectivity index (χ0) is 14.5. The molecule has 0 unspecified atom stereocenters. The highest BCUT2D eigenvalue weighted by Gasteiger charge is 2.07. The van der Waals surface area contributed by atoms with Gasteiger partial charge in [0.1, 0.15) is 5.15 Å². The van der Waals surface area contributed by atoms with Gasteiger partial charge in [-0.1, -0.05) is 41.4 Å². The standard InChI is InChI=1S/C15H16ClN3O/c1-10-3-2-4-11(5-10)8-18-13-7-14(16)19-9-12(13)6-15(17)20/h2-5,7,9H,6,8H2,1H3,(H2,17,20)(H,18,19). The summed E-state index contributed by atoms with van der Waals surface area (Å²) in [5, 5.41) is 3.65. The second-order valence-electron chi connectivity index (χ2n) is 4.65. The first kappa shape index (κ1) is 14.3. The topological polar surface area (TPSA) is 68.0 Å². The molecule has 0 saturated heterocycles. The summed E-state index contributed by atoms with van der Waals surface area (Å²) in [6, 6.07) is 9.90. The van der Waals surface area contributed by atoms with Crippen molar-refractivity contribution in [1.82, 2.24) is 4.98 Å². The summed E-state index contributed by atoms with van der Waals surface area (Å²) < 4.78 is 0. The number of pyridine rings is 1. The number of carbonyl (C=O) groups excluding carboxylic acids is 1. The van der Waals surface area contributed by atoms with Crippen molar-refractivity contribution >= 4 is 23.2 Å². The Balaban J connectivity index is 2.15. The fraction of sp³-hybridized carbons (Fsp3) is 0.200. The van der Waals surface area contributed by atoms with E-state index < -0.39 is 5.91 Å². The molecule has 4 nitrogen and oxygen atoms in total. The highest BCUT2D eigenvalue weighted by atomic mass is 35.5. The van der Waals surface area contributed by atoms with Crippen LogP contribution in [-0.4, -0.2) is 10.9 Å². The number of carbonyl (C=O) groups is 1. The summed E-state index contributed by atoms with van der Waals surface area (Å²) >= 11 is 5.89. The van der Waals surface area contributed by atoms with Crippen LogP contribution in [0.15, 0.2) is 36.5 Å². The van der Waals surface area contributed by atoms with Crippen molar-refractivity contribution < 1.29 is 4.79 Å². The van der Waals surface area contributed by atoms with Crippen LogP contribution in [0.3, 0.4) is 0 Å². The molecule has 0 atom stereocenters. The van der Waals surface area contributed by atoms with Crippen molar-refractivity contribution in [2.45, 2.75) is 19.9 Å². The van der Waals surface area contributed by atoms with E-state index >= 15 is 0 Å². The van der Waals surface area contributed by atoms with Gasteiger partial charge in [0.2, 0.25) is 5.91 Å². The molecule has 0 spiro atoms. The number of hydrogen-bond donors (Lipinski definition) is 2. The number of aryl methyl sites for hydroxylation is 1. The maximum absolute atomic E-state index is 11.1. The molecule has 1 amide bonds. The summed E-state index contributed by atoms with van der Waals surface area (Å²) in [6.07, 6.45) is 1.71. The van der Waals surface area contributed by atoms with Crippen molar-refractivity contribution in [2.24, 2.45) is 5.73 Å². The second kappa shape index (κ2) is 6.39. The third-order valence-electron chi connectivity index (χ3n) is 2.88. The molecule has 3 N–H and O–H groups in total. The lowest BCUT2D eigenvalue weighted by Gasteiger charge is -2.11. The lowest BCUT2D eigenvalue weighted by molar-refractivity contribution is -0.117. The van der Waals surface area contributed by atoms with Gasteiger partial charge in [0, 0.05) is 24.0 Å². The largest absolute Gasteiger partial charge is 0.381 e. The molecule has 20 heavy (non-hydrogen) atoms. The highest BCUT2D eigenvalue weighted by Crippen LogP contribution is 2.20. The Labute approximate surface area is 123 Å². The van der Waals surface area contributed by atoms with Gasteiger partial charge in [-0.25, -0.2) is 4.98 Å². The minimum Gasteiger partial charge on any atom is -0.381 e. The van der Waals surface area contributed by atoms with Crippen LogP contribution in [0.25, 0.3) is 0 Å². The number of aromatic nitrogens is 1. The number of benzene rings is 1. The van der Waals surface area contributed by atoms with Gasteiger partial charge in [0.25, 0.3) is 0 Å². The van der Waals surface area contributed by atoms with E-state index in [2.05, 4.69) is 16.4 Å².